The summed E-state index contributed by atoms with van der Waals surface area (Å²) >= 11 is 0. The molecule has 5 heteroatoms. The lowest BCUT2D eigenvalue weighted by Crippen LogP contribution is -2.36. The molecule has 2 N–H and O–H groups in total. The summed E-state index contributed by atoms with van der Waals surface area (Å²) in [6.45, 7) is 7.45. The second-order valence-electron chi connectivity index (χ2n) is 6.29. The van der Waals surface area contributed by atoms with Crippen LogP contribution in [-0.4, -0.2) is 38.8 Å². The molecular weight excluding hydrogens is 314 g/mol. The van der Waals surface area contributed by atoms with Crippen molar-refractivity contribution >= 4 is 23.0 Å². The second kappa shape index (κ2) is 8.03. The van der Waals surface area contributed by atoms with Gasteiger partial charge in [-0.2, -0.15) is 0 Å². The molecule has 0 unspecified atom stereocenters. The number of aryl methyl sites for hydroxylation is 2. The van der Waals surface area contributed by atoms with E-state index in [2.05, 4.69) is 21.6 Å². The summed E-state index contributed by atoms with van der Waals surface area (Å²) in [6.07, 6.45) is 0. The zero-order valence-corrected chi connectivity index (χ0v) is 14.8. The van der Waals surface area contributed by atoms with Crippen molar-refractivity contribution in [2.45, 2.75) is 13.8 Å². The van der Waals surface area contributed by atoms with Crippen LogP contribution in [-0.2, 0) is 9.53 Å². The van der Waals surface area contributed by atoms with Gasteiger partial charge in [-0.25, -0.2) is 0 Å². The minimum Gasteiger partial charge on any atom is -0.378 e. The van der Waals surface area contributed by atoms with Gasteiger partial charge in [-0.05, 0) is 37.1 Å². The number of benzene rings is 2. The van der Waals surface area contributed by atoms with E-state index in [4.69, 9.17) is 4.74 Å². The molecule has 1 aliphatic heterocycles. The number of nitrogens with one attached hydrogen (secondary N) is 2. The van der Waals surface area contributed by atoms with E-state index in [1.807, 2.05) is 50.2 Å². The van der Waals surface area contributed by atoms with Crippen LogP contribution in [0.25, 0.3) is 0 Å². The van der Waals surface area contributed by atoms with Gasteiger partial charge in [0.2, 0.25) is 5.91 Å². The number of carbonyl (C=O) groups is 1. The minimum atomic E-state index is -0.0471. The van der Waals surface area contributed by atoms with E-state index in [1.54, 1.807) is 0 Å². The Morgan fingerprint density at radius 3 is 2.44 bits per heavy atom. The Bertz CT molecular complexity index is 719. The molecule has 1 saturated heterocycles. The Morgan fingerprint density at radius 2 is 1.72 bits per heavy atom. The molecule has 0 aliphatic carbocycles. The van der Waals surface area contributed by atoms with Gasteiger partial charge in [-0.15, -0.1) is 0 Å². The molecule has 0 atom stereocenters. The van der Waals surface area contributed by atoms with Crippen molar-refractivity contribution in [1.29, 1.82) is 0 Å². The molecule has 2 aromatic rings. The van der Waals surface area contributed by atoms with Crippen LogP contribution in [0.2, 0.25) is 0 Å². The topological polar surface area (TPSA) is 53.6 Å². The summed E-state index contributed by atoms with van der Waals surface area (Å²) in [4.78, 5) is 14.7. The van der Waals surface area contributed by atoms with Crippen LogP contribution in [0.1, 0.15) is 11.1 Å². The van der Waals surface area contributed by atoms with Gasteiger partial charge in [-0.3, -0.25) is 4.79 Å². The molecule has 0 spiro atoms. The fraction of sp³-hybridized carbons (Fsp3) is 0.350. The fourth-order valence-corrected chi connectivity index (χ4v) is 3.07. The van der Waals surface area contributed by atoms with Crippen LogP contribution in [0.3, 0.4) is 0 Å². The number of hydrogen-bond acceptors (Lipinski definition) is 4. The second-order valence-corrected chi connectivity index (χ2v) is 6.29. The molecule has 5 nitrogen and oxygen atoms in total. The Balaban J connectivity index is 1.64. The number of nitrogens with zero attached hydrogens (tertiary/aromatic N) is 1. The number of anilines is 3. The lowest BCUT2D eigenvalue weighted by molar-refractivity contribution is -0.114. The monoisotopic (exact) mass is 339 g/mol. The van der Waals surface area contributed by atoms with Gasteiger partial charge >= 0.3 is 0 Å². The summed E-state index contributed by atoms with van der Waals surface area (Å²) in [7, 11) is 0. The van der Waals surface area contributed by atoms with Crippen LogP contribution >= 0.6 is 0 Å². The van der Waals surface area contributed by atoms with Crippen molar-refractivity contribution in [2.75, 3.05) is 48.4 Å². The summed E-state index contributed by atoms with van der Waals surface area (Å²) in [5.74, 6) is -0.0471. The van der Waals surface area contributed by atoms with Gasteiger partial charge in [0, 0.05) is 18.8 Å². The van der Waals surface area contributed by atoms with Crippen molar-refractivity contribution in [3.05, 3.63) is 53.6 Å². The van der Waals surface area contributed by atoms with Crippen molar-refractivity contribution in [3.63, 3.8) is 0 Å². The van der Waals surface area contributed by atoms with Gasteiger partial charge in [0.05, 0.1) is 31.1 Å². The number of morpholine rings is 1. The van der Waals surface area contributed by atoms with Crippen molar-refractivity contribution in [1.82, 2.24) is 0 Å². The molecule has 0 saturated carbocycles. The number of rotatable bonds is 5. The molecule has 1 heterocycles. The predicted octanol–water partition coefficient (Wildman–Crippen LogP) is 3.19. The molecule has 0 radical (unpaired) electrons. The number of carbonyl (C=O) groups excluding carboxylic acids is 1. The average Bonchev–Trinajstić information content (AvgIpc) is 2.64. The Labute approximate surface area is 149 Å². The third-order valence-electron chi connectivity index (χ3n) is 4.44. The Hall–Kier alpha value is -2.53. The van der Waals surface area contributed by atoms with E-state index in [1.165, 1.54) is 0 Å². The van der Waals surface area contributed by atoms with Crippen molar-refractivity contribution < 1.29 is 9.53 Å². The van der Waals surface area contributed by atoms with Crippen molar-refractivity contribution in [3.8, 4) is 0 Å². The lowest BCUT2D eigenvalue weighted by Gasteiger charge is -2.30. The Morgan fingerprint density at radius 1 is 1.04 bits per heavy atom. The number of amides is 1. The van der Waals surface area contributed by atoms with Crippen LogP contribution in [0, 0.1) is 13.8 Å². The normalized spacial score (nSPS) is 14.2. The zero-order valence-electron chi connectivity index (χ0n) is 14.8. The summed E-state index contributed by atoms with van der Waals surface area (Å²) < 4.78 is 5.42. The van der Waals surface area contributed by atoms with Gasteiger partial charge < -0.3 is 20.3 Å². The highest BCUT2D eigenvalue weighted by atomic mass is 16.5. The summed E-state index contributed by atoms with van der Waals surface area (Å²) in [5, 5.41) is 6.29. The molecule has 2 aromatic carbocycles. The van der Waals surface area contributed by atoms with Gasteiger partial charge in [0.15, 0.2) is 0 Å². The Kier molecular flexibility index (Phi) is 5.56. The standard InChI is InChI=1S/C20H25N3O2/c1-15-6-5-7-16(2)20(15)22-19(24)14-21-17-8-3-4-9-18(17)23-10-12-25-13-11-23/h3-9,21H,10-14H2,1-2H3,(H,22,24). The molecule has 25 heavy (non-hydrogen) atoms. The van der Waals surface area contributed by atoms with Gasteiger partial charge in [-0.1, -0.05) is 30.3 Å². The van der Waals surface area contributed by atoms with E-state index in [0.29, 0.717) is 0 Å². The van der Waals surface area contributed by atoms with E-state index >= 15 is 0 Å². The SMILES string of the molecule is Cc1cccc(C)c1NC(=O)CNc1ccccc1N1CCOCC1. The summed E-state index contributed by atoms with van der Waals surface area (Å²) in [6, 6.07) is 14.1. The first kappa shape index (κ1) is 17.3. The van der Waals surface area contributed by atoms with Gasteiger partial charge in [0.1, 0.15) is 0 Å². The molecular formula is C20H25N3O2. The third kappa shape index (κ3) is 4.31. The average molecular weight is 339 g/mol. The molecule has 0 aromatic heterocycles. The van der Waals surface area contributed by atoms with Crippen LogP contribution in [0.5, 0.6) is 0 Å². The number of hydrogen-bond donors (Lipinski definition) is 2. The molecule has 132 valence electrons. The van der Waals surface area contributed by atoms with E-state index in [0.717, 1.165) is 54.5 Å². The van der Waals surface area contributed by atoms with Crippen LogP contribution < -0.4 is 15.5 Å². The quantitative estimate of drug-likeness (QED) is 0.878. The van der Waals surface area contributed by atoms with E-state index < -0.39 is 0 Å². The third-order valence-corrected chi connectivity index (χ3v) is 4.44. The maximum Gasteiger partial charge on any atom is 0.243 e. The minimum absolute atomic E-state index is 0.0471. The number of ether oxygens (including phenoxy) is 1. The largest absolute Gasteiger partial charge is 0.378 e. The lowest BCUT2D eigenvalue weighted by atomic mass is 10.1. The maximum atomic E-state index is 12.4. The molecule has 1 aliphatic rings. The molecule has 0 bridgehead atoms. The van der Waals surface area contributed by atoms with Crippen LogP contribution in [0.4, 0.5) is 17.1 Å². The summed E-state index contributed by atoms with van der Waals surface area (Å²) in [5.41, 5.74) is 5.13. The van der Waals surface area contributed by atoms with E-state index in [-0.39, 0.29) is 12.5 Å². The highest BCUT2D eigenvalue weighted by molar-refractivity contribution is 5.95. The number of para-hydroxylation sites is 3. The van der Waals surface area contributed by atoms with E-state index in [9.17, 15) is 4.79 Å². The molecule has 1 amide bonds. The zero-order chi connectivity index (χ0) is 17.6. The molecule has 3 rings (SSSR count). The first-order chi connectivity index (χ1) is 12.1. The highest BCUT2D eigenvalue weighted by Crippen LogP contribution is 2.26. The predicted molar refractivity (Wildman–Crippen MR) is 103 cm³/mol. The maximum absolute atomic E-state index is 12.4. The molecule has 1 fully saturated rings. The first-order valence-electron chi connectivity index (χ1n) is 8.67. The van der Waals surface area contributed by atoms with Crippen LogP contribution in [0.15, 0.2) is 42.5 Å². The first-order valence-corrected chi connectivity index (χ1v) is 8.67. The van der Waals surface area contributed by atoms with Crippen molar-refractivity contribution in [2.24, 2.45) is 0 Å². The van der Waals surface area contributed by atoms with Gasteiger partial charge in [0.25, 0.3) is 0 Å². The highest BCUT2D eigenvalue weighted by Gasteiger charge is 2.15. The fourth-order valence-electron chi connectivity index (χ4n) is 3.07. The smallest absolute Gasteiger partial charge is 0.243 e.